The first-order chi connectivity index (χ1) is 9.20. The lowest BCUT2D eigenvalue weighted by Gasteiger charge is -2.15. The van der Waals surface area contributed by atoms with Crippen molar-refractivity contribution >= 4 is 11.8 Å². The highest BCUT2D eigenvalue weighted by molar-refractivity contribution is 5.94. The summed E-state index contributed by atoms with van der Waals surface area (Å²) in [5, 5.41) is 2.79. The number of pyridine rings is 1. The highest BCUT2D eigenvalue weighted by Gasteiger charge is 2.28. The molecular weight excluding hydrogens is 242 g/mol. The number of rotatable bonds is 2. The molecule has 0 aliphatic carbocycles. The van der Waals surface area contributed by atoms with Crippen LogP contribution in [0.5, 0.6) is 0 Å². The first-order valence-electron chi connectivity index (χ1n) is 6.14. The van der Waals surface area contributed by atoms with Crippen molar-refractivity contribution in [2.24, 2.45) is 0 Å². The molecule has 2 rings (SSSR count). The molecule has 1 aliphatic rings. The number of nitrogens with one attached hydrogen (secondary N) is 1. The van der Waals surface area contributed by atoms with E-state index in [0.29, 0.717) is 18.8 Å². The quantitative estimate of drug-likeness (QED) is 0.782. The number of aromatic nitrogens is 1. The van der Waals surface area contributed by atoms with Crippen LogP contribution >= 0.6 is 0 Å². The van der Waals surface area contributed by atoms with Crippen LogP contribution in [0.4, 0.5) is 0 Å². The van der Waals surface area contributed by atoms with E-state index in [9.17, 15) is 9.59 Å². The van der Waals surface area contributed by atoms with Crippen LogP contribution in [0.1, 0.15) is 23.8 Å². The van der Waals surface area contributed by atoms with E-state index in [4.69, 9.17) is 0 Å². The molecule has 1 unspecified atom stereocenters. The Morgan fingerprint density at radius 1 is 1.47 bits per heavy atom. The Hall–Kier alpha value is -2.35. The lowest BCUT2D eigenvalue weighted by molar-refractivity contribution is -0.116. The van der Waals surface area contributed by atoms with Gasteiger partial charge in [-0.25, -0.2) is 0 Å². The minimum Gasteiger partial charge on any atom is -0.341 e. The molecule has 5 heteroatoms. The normalized spacial score (nSPS) is 17.5. The maximum atomic E-state index is 12.1. The standard InChI is InChI=1S/C14H15N3O2/c1-2-5-13(18)16-11-7-9-17(10-11)14(19)12-6-3-4-8-15-12/h3-4,6,8,11H,7,9-10H2,1H3,(H,16,18). The summed E-state index contributed by atoms with van der Waals surface area (Å²) in [5.74, 6) is 4.59. The summed E-state index contributed by atoms with van der Waals surface area (Å²) in [6, 6.07) is 5.22. The molecule has 1 atom stereocenters. The van der Waals surface area contributed by atoms with Gasteiger partial charge >= 0.3 is 0 Å². The second kappa shape index (κ2) is 6.01. The summed E-state index contributed by atoms with van der Waals surface area (Å²) >= 11 is 0. The Balaban J connectivity index is 1.93. The molecule has 5 nitrogen and oxygen atoms in total. The number of carbonyl (C=O) groups excluding carboxylic acids is 2. The zero-order valence-corrected chi connectivity index (χ0v) is 10.7. The Bertz CT molecular complexity index is 531. The molecule has 0 aromatic carbocycles. The summed E-state index contributed by atoms with van der Waals surface area (Å²) < 4.78 is 0. The molecular formula is C14H15N3O2. The average molecular weight is 257 g/mol. The van der Waals surface area contributed by atoms with E-state index in [0.717, 1.165) is 6.42 Å². The van der Waals surface area contributed by atoms with Gasteiger partial charge in [0, 0.05) is 25.3 Å². The van der Waals surface area contributed by atoms with Crippen molar-refractivity contribution in [2.75, 3.05) is 13.1 Å². The fourth-order valence-electron chi connectivity index (χ4n) is 2.05. The van der Waals surface area contributed by atoms with Gasteiger partial charge in [-0.15, -0.1) is 0 Å². The SMILES string of the molecule is CC#CC(=O)NC1CCN(C(=O)c2ccccn2)C1. The minimum absolute atomic E-state index is 0.0268. The van der Waals surface area contributed by atoms with Gasteiger partial charge in [0.05, 0.1) is 0 Å². The number of hydrogen-bond donors (Lipinski definition) is 1. The molecule has 1 fully saturated rings. The first kappa shape index (κ1) is 13.1. The molecule has 0 saturated carbocycles. The molecule has 1 saturated heterocycles. The molecule has 0 bridgehead atoms. The van der Waals surface area contributed by atoms with Gasteiger partial charge in [0.25, 0.3) is 11.8 Å². The molecule has 98 valence electrons. The Morgan fingerprint density at radius 3 is 3.00 bits per heavy atom. The Kier molecular flexibility index (Phi) is 4.14. The van der Waals surface area contributed by atoms with Gasteiger partial charge in [-0.2, -0.15) is 0 Å². The summed E-state index contributed by atoms with van der Waals surface area (Å²) in [5.41, 5.74) is 0.433. The average Bonchev–Trinajstić information content (AvgIpc) is 2.87. The number of likely N-dealkylation sites (tertiary alicyclic amines) is 1. The van der Waals surface area contributed by atoms with Crippen LogP contribution < -0.4 is 5.32 Å². The summed E-state index contributed by atoms with van der Waals surface area (Å²) in [6.45, 7) is 2.75. The van der Waals surface area contributed by atoms with Crippen LogP contribution in [0.3, 0.4) is 0 Å². The van der Waals surface area contributed by atoms with Gasteiger partial charge in [0.2, 0.25) is 0 Å². The molecule has 19 heavy (non-hydrogen) atoms. The van der Waals surface area contributed by atoms with Gasteiger partial charge in [-0.3, -0.25) is 14.6 Å². The first-order valence-corrected chi connectivity index (χ1v) is 6.14. The topological polar surface area (TPSA) is 62.3 Å². The van der Waals surface area contributed by atoms with E-state index in [1.807, 2.05) is 0 Å². The summed E-state index contributed by atoms with van der Waals surface area (Å²) in [6.07, 6.45) is 2.34. The number of hydrogen-bond acceptors (Lipinski definition) is 3. The highest BCUT2D eigenvalue weighted by atomic mass is 16.2. The maximum Gasteiger partial charge on any atom is 0.296 e. The van der Waals surface area contributed by atoms with Gasteiger partial charge in [0.1, 0.15) is 5.69 Å². The molecule has 2 amide bonds. The van der Waals surface area contributed by atoms with Crippen LogP contribution in [0.25, 0.3) is 0 Å². The third kappa shape index (κ3) is 3.32. The zero-order chi connectivity index (χ0) is 13.7. The fraction of sp³-hybridized carbons (Fsp3) is 0.357. The van der Waals surface area contributed by atoms with Crippen molar-refractivity contribution in [3.8, 4) is 11.8 Å². The highest BCUT2D eigenvalue weighted by Crippen LogP contribution is 2.12. The fourth-order valence-corrected chi connectivity index (χ4v) is 2.05. The zero-order valence-electron chi connectivity index (χ0n) is 10.7. The monoisotopic (exact) mass is 257 g/mol. The second-order valence-corrected chi connectivity index (χ2v) is 4.30. The van der Waals surface area contributed by atoms with Gasteiger partial charge in [0.15, 0.2) is 0 Å². The molecule has 2 heterocycles. The van der Waals surface area contributed by atoms with E-state index in [1.165, 1.54) is 0 Å². The third-order valence-electron chi connectivity index (χ3n) is 2.93. The van der Waals surface area contributed by atoms with Crippen molar-refractivity contribution in [2.45, 2.75) is 19.4 Å². The van der Waals surface area contributed by atoms with Crippen LogP contribution in [0, 0.1) is 11.8 Å². The van der Waals surface area contributed by atoms with E-state index < -0.39 is 0 Å². The largest absolute Gasteiger partial charge is 0.341 e. The van der Waals surface area contributed by atoms with E-state index in [2.05, 4.69) is 22.1 Å². The van der Waals surface area contributed by atoms with Crippen LogP contribution in [-0.2, 0) is 4.79 Å². The van der Waals surface area contributed by atoms with Crippen molar-refractivity contribution in [1.29, 1.82) is 0 Å². The minimum atomic E-state index is -0.292. The lowest BCUT2D eigenvalue weighted by Crippen LogP contribution is -2.38. The molecule has 1 aromatic rings. The second-order valence-electron chi connectivity index (χ2n) is 4.30. The van der Waals surface area contributed by atoms with Gasteiger partial charge < -0.3 is 10.2 Å². The molecule has 0 spiro atoms. The Labute approximate surface area is 112 Å². The number of carbonyl (C=O) groups is 2. The smallest absolute Gasteiger partial charge is 0.296 e. The molecule has 1 aliphatic heterocycles. The van der Waals surface area contributed by atoms with E-state index in [-0.39, 0.29) is 17.9 Å². The van der Waals surface area contributed by atoms with Gasteiger partial charge in [-0.1, -0.05) is 12.0 Å². The van der Waals surface area contributed by atoms with E-state index in [1.54, 1.807) is 36.2 Å². The maximum absolute atomic E-state index is 12.1. The number of amides is 2. The van der Waals surface area contributed by atoms with Crippen molar-refractivity contribution in [1.82, 2.24) is 15.2 Å². The number of nitrogens with zero attached hydrogens (tertiary/aromatic N) is 2. The predicted octanol–water partition coefficient (Wildman–Crippen LogP) is 0.436. The summed E-state index contributed by atoms with van der Waals surface area (Å²) in [7, 11) is 0. The third-order valence-corrected chi connectivity index (χ3v) is 2.93. The van der Waals surface area contributed by atoms with Crippen LogP contribution in [-0.4, -0.2) is 40.8 Å². The Morgan fingerprint density at radius 2 is 2.32 bits per heavy atom. The van der Waals surface area contributed by atoms with Gasteiger partial charge in [-0.05, 0) is 31.4 Å². The molecule has 1 aromatic heterocycles. The van der Waals surface area contributed by atoms with Crippen molar-refractivity contribution in [3.05, 3.63) is 30.1 Å². The lowest BCUT2D eigenvalue weighted by atomic mass is 10.2. The van der Waals surface area contributed by atoms with Crippen LogP contribution in [0.15, 0.2) is 24.4 Å². The van der Waals surface area contributed by atoms with Crippen molar-refractivity contribution in [3.63, 3.8) is 0 Å². The molecule has 0 radical (unpaired) electrons. The van der Waals surface area contributed by atoms with Crippen LogP contribution in [0.2, 0.25) is 0 Å². The molecule has 1 N–H and O–H groups in total. The summed E-state index contributed by atoms with van der Waals surface area (Å²) in [4.78, 5) is 29.2. The predicted molar refractivity (Wildman–Crippen MR) is 70.1 cm³/mol. The van der Waals surface area contributed by atoms with E-state index >= 15 is 0 Å². The van der Waals surface area contributed by atoms with Crippen molar-refractivity contribution < 1.29 is 9.59 Å².